The molecule has 0 aliphatic carbocycles. The molecule has 0 saturated carbocycles. The SMILES string of the molecule is O=S1C2CCCC1CC(O)(c1ccc3c(c1)OCO3)C2. The number of hydrogen-bond donors (Lipinski definition) is 1. The topological polar surface area (TPSA) is 55.8 Å². The van der Waals surface area contributed by atoms with E-state index in [0.717, 1.165) is 30.6 Å². The Bertz CT molecular complexity index is 555. The van der Waals surface area contributed by atoms with Crippen LogP contribution in [-0.4, -0.2) is 26.6 Å². The van der Waals surface area contributed by atoms with Crippen LogP contribution in [0.5, 0.6) is 11.5 Å². The summed E-state index contributed by atoms with van der Waals surface area (Å²) >= 11 is 0. The van der Waals surface area contributed by atoms with Gasteiger partial charge in [-0.15, -0.1) is 0 Å². The molecule has 1 N–H and O–H groups in total. The van der Waals surface area contributed by atoms with E-state index in [1.807, 2.05) is 18.2 Å². The highest BCUT2D eigenvalue weighted by Gasteiger charge is 2.46. The van der Waals surface area contributed by atoms with Crippen LogP contribution in [0, 0.1) is 0 Å². The van der Waals surface area contributed by atoms with Crippen molar-refractivity contribution in [2.24, 2.45) is 0 Å². The molecular formula is C15H18O4S. The van der Waals surface area contributed by atoms with Crippen LogP contribution in [0.3, 0.4) is 0 Å². The first kappa shape index (κ1) is 12.7. The summed E-state index contributed by atoms with van der Waals surface area (Å²) in [4.78, 5) is 0. The van der Waals surface area contributed by atoms with E-state index in [4.69, 9.17) is 9.47 Å². The largest absolute Gasteiger partial charge is 0.454 e. The van der Waals surface area contributed by atoms with Gasteiger partial charge in [0, 0.05) is 21.3 Å². The minimum Gasteiger partial charge on any atom is -0.454 e. The zero-order valence-corrected chi connectivity index (χ0v) is 12.0. The van der Waals surface area contributed by atoms with E-state index in [0.29, 0.717) is 18.6 Å². The molecule has 1 aromatic carbocycles. The second kappa shape index (κ2) is 4.46. The van der Waals surface area contributed by atoms with Gasteiger partial charge in [0.15, 0.2) is 11.5 Å². The van der Waals surface area contributed by atoms with Crippen molar-refractivity contribution in [1.29, 1.82) is 0 Å². The molecule has 5 heteroatoms. The van der Waals surface area contributed by atoms with Crippen LogP contribution in [0.1, 0.15) is 37.7 Å². The quantitative estimate of drug-likeness (QED) is 0.861. The molecule has 3 aliphatic heterocycles. The maximum atomic E-state index is 12.3. The average molecular weight is 294 g/mol. The van der Waals surface area contributed by atoms with Gasteiger partial charge >= 0.3 is 0 Å². The van der Waals surface area contributed by atoms with Crippen LogP contribution < -0.4 is 9.47 Å². The van der Waals surface area contributed by atoms with Gasteiger partial charge in [-0.3, -0.25) is 4.21 Å². The first-order valence-corrected chi connectivity index (χ1v) is 8.45. The van der Waals surface area contributed by atoms with Crippen LogP contribution in [0.4, 0.5) is 0 Å². The van der Waals surface area contributed by atoms with E-state index in [1.54, 1.807) is 0 Å². The Hall–Kier alpha value is -1.07. The lowest BCUT2D eigenvalue weighted by Gasteiger charge is -2.43. The molecule has 2 unspecified atom stereocenters. The number of hydrogen-bond acceptors (Lipinski definition) is 4. The van der Waals surface area contributed by atoms with Crippen LogP contribution in [0.15, 0.2) is 18.2 Å². The Kier molecular flexibility index (Phi) is 2.82. The molecule has 3 heterocycles. The van der Waals surface area contributed by atoms with Crippen molar-refractivity contribution in [3.8, 4) is 11.5 Å². The molecule has 0 aromatic heterocycles. The van der Waals surface area contributed by atoms with Gasteiger partial charge in [-0.2, -0.15) is 0 Å². The van der Waals surface area contributed by atoms with E-state index in [-0.39, 0.29) is 17.3 Å². The summed E-state index contributed by atoms with van der Waals surface area (Å²) in [6.07, 6.45) is 4.26. The summed E-state index contributed by atoms with van der Waals surface area (Å²) in [6.45, 7) is 0.243. The summed E-state index contributed by atoms with van der Waals surface area (Å²) in [5.74, 6) is 1.43. The first-order chi connectivity index (χ1) is 9.66. The number of benzene rings is 1. The predicted octanol–water partition coefficient (Wildman–Crippen LogP) is 2.07. The Morgan fingerprint density at radius 3 is 2.60 bits per heavy atom. The number of ether oxygens (including phenoxy) is 2. The van der Waals surface area contributed by atoms with Gasteiger partial charge in [0.1, 0.15) is 0 Å². The third-order valence-corrected chi connectivity index (χ3v) is 6.87. The average Bonchev–Trinajstić information content (AvgIpc) is 2.88. The van der Waals surface area contributed by atoms with E-state index < -0.39 is 16.4 Å². The van der Waals surface area contributed by atoms with E-state index in [2.05, 4.69) is 0 Å². The van der Waals surface area contributed by atoms with E-state index in [1.165, 1.54) is 0 Å². The molecule has 0 amide bonds. The third-order valence-electron chi connectivity index (χ3n) is 4.75. The van der Waals surface area contributed by atoms with Gasteiger partial charge in [0.05, 0.1) is 5.60 Å². The van der Waals surface area contributed by atoms with Crippen LogP contribution in [0.25, 0.3) is 0 Å². The summed E-state index contributed by atoms with van der Waals surface area (Å²) in [5, 5.41) is 11.3. The van der Waals surface area contributed by atoms with Gasteiger partial charge in [-0.25, -0.2) is 0 Å². The second-order valence-electron chi connectivity index (χ2n) is 6.01. The molecule has 2 saturated heterocycles. The van der Waals surface area contributed by atoms with Gasteiger partial charge < -0.3 is 14.6 Å². The van der Waals surface area contributed by atoms with Crippen molar-refractivity contribution in [3.63, 3.8) is 0 Å². The number of aliphatic hydroxyl groups is 1. The van der Waals surface area contributed by atoms with Crippen LogP contribution in [0.2, 0.25) is 0 Å². The summed E-state index contributed by atoms with van der Waals surface area (Å²) in [6, 6.07) is 5.65. The molecule has 4 rings (SSSR count). The van der Waals surface area contributed by atoms with Crippen LogP contribution >= 0.6 is 0 Å². The van der Waals surface area contributed by atoms with Crippen molar-refractivity contribution in [2.45, 2.75) is 48.2 Å². The molecule has 4 nitrogen and oxygen atoms in total. The molecule has 1 aromatic rings. The summed E-state index contributed by atoms with van der Waals surface area (Å²) < 4.78 is 23.0. The Morgan fingerprint density at radius 1 is 1.15 bits per heavy atom. The molecule has 20 heavy (non-hydrogen) atoms. The smallest absolute Gasteiger partial charge is 0.231 e. The highest BCUT2D eigenvalue weighted by Crippen LogP contribution is 2.46. The van der Waals surface area contributed by atoms with Crippen LogP contribution in [-0.2, 0) is 16.4 Å². The predicted molar refractivity (Wildman–Crippen MR) is 75.3 cm³/mol. The Morgan fingerprint density at radius 2 is 1.85 bits per heavy atom. The molecule has 2 bridgehead atoms. The van der Waals surface area contributed by atoms with Crippen molar-refractivity contribution >= 4 is 10.8 Å². The zero-order valence-electron chi connectivity index (χ0n) is 11.2. The van der Waals surface area contributed by atoms with Crippen molar-refractivity contribution in [1.82, 2.24) is 0 Å². The lowest BCUT2D eigenvalue weighted by Crippen LogP contribution is -2.47. The molecule has 0 radical (unpaired) electrons. The van der Waals surface area contributed by atoms with Gasteiger partial charge in [0.25, 0.3) is 0 Å². The maximum Gasteiger partial charge on any atom is 0.231 e. The summed E-state index contributed by atoms with van der Waals surface area (Å²) in [7, 11) is -0.771. The van der Waals surface area contributed by atoms with Crippen molar-refractivity contribution in [3.05, 3.63) is 23.8 Å². The molecule has 2 atom stereocenters. The second-order valence-corrected chi connectivity index (χ2v) is 8.00. The van der Waals surface area contributed by atoms with E-state index >= 15 is 0 Å². The third kappa shape index (κ3) is 1.87. The Balaban J connectivity index is 1.69. The number of fused-ring (bicyclic) bond motifs is 3. The lowest BCUT2D eigenvalue weighted by molar-refractivity contribution is 0.00639. The number of rotatable bonds is 1. The zero-order chi connectivity index (χ0) is 13.7. The molecule has 108 valence electrons. The summed E-state index contributed by atoms with van der Waals surface area (Å²) in [5.41, 5.74) is 0.000301. The highest BCUT2D eigenvalue weighted by molar-refractivity contribution is 7.86. The molecule has 0 spiro atoms. The fourth-order valence-electron chi connectivity index (χ4n) is 3.70. The minimum atomic E-state index is -0.870. The van der Waals surface area contributed by atoms with E-state index in [9.17, 15) is 9.32 Å². The Labute approximate surface area is 120 Å². The molecule has 3 aliphatic rings. The molecular weight excluding hydrogens is 276 g/mol. The normalized spacial score (nSPS) is 38.8. The monoisotopic (exact) mass is 294 g/mol. The van der Waals surface area contributed by atoms with Crippen molar-refractivity contribution in [2.75, 3.05) is 6.79 Å². The van der Waals surface area contributed by atoms with Gasteiger partial charge in [0.2, 0.25) is 6.79 Å². The highest BCUT2D eigenvalue weighted by atomic mass is 32.2. The first-order valence-electron chi connectivity index (χ1n) is 7.18. The molecule has 2 fully saturated rings. The lowest BCUT2D eigenvalue weighted by atomic mass is 9.80. The maximum absolute atomic E-state index is 12.3. The fraction of sp³-hybridized carbons (Fsp3) is 0.600. The fourth-order valence-corrected chi connectivity index (χ4v) is 5.93. The van der Waals surface area contributed by atoms with Gasteiger partial charge in [-0.05, 0) is 43.4 Å². The standard InChI is InChI=1S/C15H18O4S/c16-15(7-11-2-1-3-12(8-15)20(11)17)10-4-5-13-14(6-10)19-9-18-13/h4-6,11-12,16H,1-3,7-9H2. The van der Waals surface area contributed by atoms with Crippen molar-refractivity contribution < 1.29 is 18.8 Å². The van der Waals surface area contributed by atoms with Gasteiger partial charge in [-0.1, -0.05) is 12.5 Å². The minimum absolute atomic E-state index is 0.137.